The van der Waals surface area contributed by atoms with Crippen LogP contribution < -0.4 is 0 Å². The maximum atomic E-state index is 10.7. The van der Waals surface area contributed by atoms with Crippen molar-refractivity contribution in [3.8, 4) is 0 Å². The molecule has 0 saturated carbocycles. The minimum atomic E-state index is 0.654. The highest BCUT2D eigenvalue weighted by Crippen LogP contribution is 2.16. The van der Waals surface area contributed by atoms with Crippen LogP contribution >= 0.6 is 11.6 Å². The van der Waals surface area contributed by atoms with Crippen LogP contribution in [0.15, 0.2) is 48.8 Å². The number of benzene rings is 1. The van der Waals surface area contributed by atoms with Crippen molar-refractivity contribution in [1.82, 2.24) is 9.38 Å². The van der Waals surface area contributed by atoms with E-state index in [0.29, 0.717) is 12.0 Å². The van der Waals surface area contributed by atoms with E-state index >= 15 is 0 Å². The summed E-state index contributed by atoms with van der Waals surface area (Å²) in [6.45, 7) is 0. The molecule has 2 aromatic heterocycles. The fraction of sp³-hybridized carbons (Fsp3) is 0.0667. The molecule has 0 saturated heterocycles. The topological polar surface area (TPSA) is 34.4 Å². The number of carbonyl (C=O) groups excluding carboxylic acids is 1. The first kappa shape index (κ1) is 11.9. The van der Waals surface area contributed by atoms with E-state index in [1.54, 1.807) is 12.3 Å². The van der Waals surface area contributed by atoms with Crippen LogP contribution in [0.4, 0.5) is 0 Å². The quantitative estimate of drug-likeness (QED) is 0.684. The Kier molecular flexibility index (Phi) is 3.05. The van der Waals surface area contributed by atoms with Gasteiger partial charge in [0.15, 0.2) is 0 Å². The van der Waals surface area contributed by atoms with Crippen LogP contribution in [0.5, 0.6) is 0 Å². The molecule has 0 aliphatic rings. The Morgan fingerprint density at radius 3 is 2.95 bits per heavy atom. The van der Waals surface area contributed by atoms with Crippen molar-refractivity contribution in [2.24, 2.45) is 0 Å². The summed E-state index contributed by atoms with van der Waals surface area (Å²) in [7, 11) is 0. The van der Waals surface area contributed by atoms with E-state index < -0.39 is 0 Å². The summed E-state index contributed by atoms with van der Waals surface area (Å²) in [6, 6.07) is 11.3. The van der Waals surface area contributed by atoms with Crippen molar-refractivity contribution in [3.05, 3.63) is 70.8 Å². The second kappa shape index (κ2) is 4.86. The minimum absolute atomic E-state index is 0.654. The van der Waals surface area contributed by atoms with Gasteiger partial charge in [-0.15, -0.1) is 0 Å². The molecule has 0 fully saturated rings. The van der Waals surface area contributed by atoms with Crippen LogP contribution in [0.25, 0.3) is 5.52 Å². The Hall–Kier alpha value is -2.13. The molecule has 0 unspecified atom stereocenters. The standard InChI is InChI=1S/C15H11ClN2O/c16-13-3-1-2-11(6-13)8-15-17-9-14-7-12(10-19)4-5-18(14)15/h1-7,9-10H,8H2. The van der Waals surface area contributed by atoms with E-state index in [4.69, 9.17) is 11.6 Å². The summed E-state index contributed by atoms with van der Waals surface area (Å²) in [5, 5.41) is 0.724. The van der Waals surface area contributed by atoms with Gasteiger partial charge in [0, 0.05) is 23.2 Å². The van der Waals surface area contributed by atoms with Crippen molar-refractivity contribution < 1.29 is 4.79 Å². The average molecular weight is 271 g/mol. The fourth-order valence-corrected chi connectivity index (χ4v) is 2.32. The van der Waals surface area contributed by atoms with E-state index in [2.05, 4.69) is 4.98 Å². The lowest BCUT2D eigenvalue weighted by Crippen LogP contribution is -1.96. The number of aldehydes is 1. The van der Waals surface area contributed by atoms with Gasteiger partial charge >= 0.3 is 0 Å². The second-order valence-electron chi connectivity index (χ2n) is 4.35. The molecule has 0 N–H and O–H groups in total. The van der Waals surface area contributed by atoms with Gasteiger partial charge < -0.3 is 4.40 Å². The second-order valence-corrected chi connectivity index (χ2v) is 4.79. The zero-order chi connectivity index (χ0) is 13.2. The molecule has 0 aliphatic carbocycles. The summed E-state index contributed by atoms with van der Waals surface area (Å²) in [4.78, 5) is 15.1. The first-order chi connectivity index (χ1) is 9.26. The summed E-state index contributed by atoms with van der Waals surface area (Å²) in [6.07, 6.45) is 5.18. The lowest BCUT2D eigenvalue weighted by atomic mass is 10.1. The SMILES string of the molecule is O=Cc1ccn2c(Cc3cccc(Cl)c3)ncc2c1. The number of halogens is 1. The first-order valence-electron chi connectivity index (χ1n) is 5.92. The summed E-state index contributed by atoms with van der Waals surface area (Å²) < 4.78 is 1.98. The molecule has 1 aromatic carbocycles. The van der Waals surface area contributed by atoms with Crippen LogP contribution in [-0.2, 0) is 6.42 Å². The van der Waals surface area contributed by atoms with Crippen LogP contribution in [0, 0.1) is 0 Å². The lowest BCUT2D eigenvalue weighted by molar-refractivity contribution is 0.112. The highest BCUT2D eigenvalue weighted by molar-refractivity contribution is 6.30. The maximum absolute atomic E-state index is 10.7. The van der Waals surface area contributed by atoms with Gasteiger partial charge in [0.1, 0.15) is 12.1 Å². The molecule has 94 valence electrons. The summed E-state index contributed by atoms with van der Waals surface area (Å²) in [5.41, 5.74) is 2.68. The molecule has 0 aliphatic heterocycles. The summed E-state index contributed by atoms with van der Waals surface area (Å²) in [5.74, 6) is 0.926. The number of hydrogen-bond acceptors (Lipinski definition) is 2. The largest absolute Gasteiger partial charge is 0.303 e. The molecule has 4 heteroatoms. The molecule has 0 atom stereocenters. The van der Waals surface area contributed by atoms with Crippen LogP contribution in [0.1, 0.15) is 21.7 Å². The number of aromatic nitrogens is 2. The predicted molar refractivity (Wildman–Crippen MR) is 74.8 cm³/mol. The van der Waals surface area contributed by atoms with E-state index in [1.165, 1.54) is 0 Å². The Bertz CT molecular complexity index is 749. The number of hydrogen-bond donors (Lipinski definition) is 0. The fourth-order valence-electron chi connectivity index (χ4n) is 2.11. The maximum Gasteiger partial charge on any atom is 0.150 e. The van der Waals surface area contributed by atoms with Gasteiger partial charge in [-0.2, -0.15) is 0 Å². The van der Waals surface area contributed by atoms with Crippen LogP contribution in [0.2, 0.25) is 5.02 Å². The predicted octanol–water partition coefficient (Wildman–Crippen LogP) is 3.39. The number of pyridine rings is 1. The highest BCUT2D eigenvalue weighted by atomic mass is 35.5. The number of fused-ring (bicyclic) bond motifs is 1. The van der Waals surface area contributed by atoms with E-state index in [9.17, 15) is 4.79 Å². The number of rotatable bonds is 3. The van der Waals surface area contributed by atoms with Crippen molar-refractivity contribution in [3.63, 3.8) is 0 Å². The molecule has 3 nitrogen and oxygen atoms in total. The van der Waals surface area contributed by atoms with E-state index in [-0.39, 0.29) is 0 Å². The van der Waals surface area contributed by atoms with Crippen molar-refractivity contribution in [1.29, 1.82) is 0 Å². The van der Waals surface area contributed by atoms with Gasteiger partial charge in [0.2, 0.25) is 0 Å². The van der Waals surface area contributed by atoms with Gasteiger partial charge in [-0.1, -0.05) is 23.7 Å². The zero-order valence-corrected chi connectivity index (χ0v) is 10.8. The van der Waals surface area contributed by atoms with Crippen LogP contribution in [0.3, 0.4) is 0 Å². The van der Waals surface area contributed by atoms with Gasteiger partial charge in [-0.3, -0.25) is 4.79 Å². The highest BCUT2D eigenvalue weighted by Gasteiger charge is 2.05. The van der Waals surface area contributed by atoms with Gasteiger partial charge in [-0.25, -0.2) is 4.98 Å². The molecule has 19 heavy (non-hydrogen) atoms. The van der Waals surface area contributed by atoms with Crippen molar-refractivity contribution in [2.45, 2.75) is 6.42 Å². The molecule has 0 radical (unpaired) electrons. The monoisotopic (exact) mass is 270 g/mol. The normalized spacial score (nSPS) is 10.8. The third kappa shape index (κ3) is 2.37. The molecule has 3 rings (SSSR count). The molecular weight excluding hydrogens is 260 g/mol. The number of imidazole rings is 1. The molecule has 2 heterocycles. The minimum Gasteiger partial charge on any atom is -0.303 e. The van der Waals surface area contributed by atoms with E-state index in [1.807, 2.05) is 40.9 Å². The zero-order valence-electron chi connectivity index (χ0n) is 10.1. The van der Waals surface area contributed by atoms with Crippen molar-refractivity contribution >= 4 is 23.4 Å². The summed E-state index contributed by atoms with van der Waals surface area (Å²) >= 11 is 5.98. The number of nitrogens with zero attached hydrogens (tertiary/aromatic N) is 2. The third-order valence-corrected chi connectivity index (χ3v) is 3.26. The Morgan fingerprint density at radius 1 is 1.26 bits per heavy atom. The van der Waals surface area contributed by atoms with Crippen LogP contribution in [-0.4, -0.2) is 15.7 Å². The van der Waals surface area contributed by atoms with Crippen molar-refractivity contribution in [2.75, 3.05) is 0 Å². The molecule has 0 bridgehead atoms. The third-order valence-electron chi connectivity index (χ3n) is 3.02. The lowest BCUT2D eigenvalue weighted by Gasteiger charge is -2.03. The van der Waals surface area contributed by atoms with Gasteiger partial charge in [0.25, 0.3) is 0 Å². The molecule has 0 spiro atoms. The molecular formula is C15H11ClN2O. The molecule has 3 aromatic rings. The Balaban J connectivity index is 1.99. The Morgan fingerprint density at radius 2 is 2.16 bits per heavy atom. The van der Waals surface area contributed by atoms with Gasteiger partial charge in [0.05, 0.1) is 11.7 Å². The number of carbonyl (C=O) groups is 1. The Labute approximate surface area is 115 Å². The molecule has 0 amide bonds. The first-order valence-corrected chi connectivity index (χ1v) is 6.30. The smallest absolute Gasteiger partial charge is 0.150 e. The van der Waals surface area contributed by atoms with E-state index in [0.717, 1.165) is 28.2 Å². The average Bonchev–Trinajstić information content (AvgIpc) is 2.81. The van der Waals surface area contributed by atoms with Gasteiger partial charge in [-0.05, 0) is 29.8 Å².